The van der Waals surface area contributed by atoms with E-state index in [9.17, 15) is 0 Å². The molecule has 0 saturated heterocycles. The van der Waals surface area contributed by atoms with Gasteiger partial charge in [-0.05, 0) is 110 Å². The number of fused-ring (bicyclic) bond motifs is 12. The Kier molecular flexibility index (Phi) is 7.07. The molecule has 310 valence electrons. The van der Waals surface area contributed by atoms with Crippen LogP contribution in [0.2, 0.25) is 0 Å². The van der Waals surface area contributed by atoms with Crippen LogP contribution >= 0.6 is 23.5 Å². The van der Waals surface area contributed by atoms with Crippen molar-refractivity contribution in [3.8, 4) is 33.6 Å². The number of benzene rings is 11. The zero-order chi connectivity index (χ0) is 48.1. The highest BCUT2D eigenvalue weighted by Gasteiger charge is 2.39. The van der Waals surface area contributed by atoms with Gasteiger partial charge in [-0.2, -0.15) is 0 Å². The first-order valence-electron chi connectivity index (χ1n) is 25.1. The van der Waals surface area contributed by atoms with Gasteiger partial charge in [-0.15, -0.1) is 0 Å². The van der Waals surface area contributed by atoms with Gasteiger partial charge in [0.2, 0.25) is 6.71 Å². The van der Waals surface area contributed by atoms with Crippen LogP contribution in [-0.2, 0) is 0 Å². The average Bonchev–Trinajstić information content (AvgIpc) is 3.94. The van der Waals surface area contributed by atoms with Crippen molar-refractivity contribution < 1.29 is 6.85 Å². The molecule has 2 aliphatic heterocycles. The molecule has 13 aromatic rings. The van der Waals surface area contributed by atoms with Crippen molar-refractivity contribution >= 4 is 112 Å². The normalized spacial score (nSPS) is 14.0. The van der Waals surface area contributed by atoms with E-state index in [-0.39, 0.29) is 36.4 Å². The fourth-order valence-corrected chi connectivity index (χ4v) is 13.9. The summed E-state index contributed by atoms with van der Waals surface area (Å²) in [5.41, 5.74) is 13.8. The predicted molar refractivity (Wildman–Crippen MR) is 287 cm³/mol. The Bertz CT molecular complexity index is 4180. The molecule has 67 heavy (non-hydrogen) atoms. The molecule has 2 aromatic heterocycles. The summed E-state index contributed by atoms with van der Waals surface area (Å²) in [4.78, 5) is 4.83. The summed E-state index contributed by atoms with van der Waals surface area (Å²) in [6, 6.07) is 68.4. The van der Waals surface area contributed by atoms with Gasteiger partial charge in [-0.25, -0.2) is 0 Å². The van der Waals surface area contributed by atoms with Crippen LogP contribution in [0.5, 0.6) is 0 Å². The maximum Gasteiger partial charge on any atom is 0.247 e. The van der Waals surface area contributed by atoms with Crippen molar-refractivity contribution in [2.24, 2.45) is 0 Å². The van der Waals surface area contributed by atoms with Crippen LogP contribution < -0.4 is 16.4 Å². The lowest BCUT2D eigenvalue weighted by Crippen LogP contribution is -2.58. The molecule has 0 fully saturated rings. The Morgan fingerprint density at radius 2 is 0.701 bits per heavy atom. The van der Waals surface area contributed by atoms with Crippen molar-refractivity contribution in [2.45, 2.75) is 19.6 Å². The molecular formula is C62H37BN2S2. The first-order chi connectivity index (χ1) is 35.3. The van der Waals surface area contributed by atoms with E-state index in [1.807, 2.05) is 59.9 Å². The number of rotatable bonds is 4. The molecule has 15 rings (SSSR count). The second kappa shape index (κ2) is 14.4. The molecule has 5 heteroatoms. The minimum Gasteiger partial charge on any atom is -0.309 e. The standard InChI is InChI=1S/C62H37BN2S2/c1-2-16-38(17-3-1)60-46-22-4-6-24-48(46)61(49-25-7-5-23-47(49)60)39-34-58-62-59(35-39)67-57-37-41(65-54-28-14-10-20-44(54)45-21-11-15-29-55(45)65)31-33-51(57)63(62)50-32-30-40(36-56(50)66-58)64-52-26-12-8-18-42(52)43-19-9-13-27-53(43)64/h1-37H/i1D,2D,3D,16D,17D. The van der Waals surface area contributed by atoms with Crippen molar-refractivity contribution in [2.75, 3.05) is 0 Å². The van der Waals surface area contributed by atoms with Gasteiger partial charge in [0.1, 0.15) is 0 Å². The monoisotopic (exact) mass is 889 g/mol. The van der Waals surface area contributed by atoms with Crippen molar-refractivity contribution in [1.82, 2.24) is 9.13 Å². The molecule has 0 N–H and O–H groups in total. The van der Waals surface area contributed by atoms with Gasteiger partial charge in [0, 0.05) is 52.5 Å². The lowest BCUT2D eigenvalue weighted by atomic mass is 9.36. The summed E-state index contributed by atoms with van der Waals surface area (Å²) in [7, 11) is 0. The van der Waals surface area contributed by atoms with Crippen molar-refractivity contribution in [3.63, 3.8) is 0 Å². The van der Waals surface area contributed by atoms with E-state index in [0.29, 0.717) is 5.56 Å². The molecule has 0 radical (unpaired) electrons. The van der Waals surface area contributed by atoms with E-state index in [2.05, 4.69) is 167 Å². The van der Waals surface area contributed by atoms with Gasteiger partial charge in [0.05, 0.1) is 28.9 Å². The van der Waals surface area contributed by atoms with Crippen molar-refractivity contribution in [3.05, 3.63) is 224 Å². The summed E-state index contributed by atoms with van der Waals surface area (Å²) in [5, 5.41) is 8.48. The quantitative estimate of drug-likeness (QED) is 0.129. The third kappa shape index (κ3) is 5.44. The van der Waals surface area contributed by atoms with Gasteiger partial charge in [0.15, 0.2) is 0 Å². The molecule has 0 saturated carbocycles. The molecule has 4 heterocycles. The summed E-state index contributed by atoms with van der Waals surface area (Å²) in [6.07, 6.45) is 0. The second-order valence-electron chi connectivity index (χ2n) is 17.5. The topological polar surface area (TPSA) is 9.86 Å². The molecule has 0 amide bonds. The van der Waals surface area contributed by atoms with Crippen LogP contribution in [0, 0.1) is 0 Å². The number of aromatic nitrogens is 2. The Morgan fingerprint density at radius 1 is 0.343 bits per heavy atom. The highest BCUT2D eigenvalue weighted by molar-refractivity contribution is 8.01. The van der Waals surface area contributed by atoms with E-state index in [1.54, 1.807) is 0 Å². The lowest BCUT2D eigenvalue weighted by Gasteiger charge is -2.34. The summed E-state index contributed by atoms with van der Waals surface area (Å²) in [6.45, 7) is -0.0177. The van der Waals surface area contributed by atoms with E-state index in [4.69, 9.17) is 6.85 Å². The van der Waals surface area contributed by atoms with Crippen LogP contribution in [0.1, 0.15) is 6.85 Å². The highest BCUT2D eigenvalue weighted by Crippen LogP contribution is 2.48. The van der Waals surface area contributed by atoms with Gasteiger partial charge in [-0.3, -0.25) is 0 Å². The number of para-hydroxylation sites is 4. The number of hydrogen-bond donors (Lipinski definition) is 0. The molecule has 2 aliphatic rings. The number of nitrogens with zero attached hydrogens (tertiary/aromatic N) is 2. The minimum absolute atomic E-state index is 0.0177. The molecule has 0 aliphatic carbocycles. The fourth-order valence-electron chi connectivity index (χ4n) is 11.4. The molecule has 0 unspecified atom stereocenters. The second-order valence-corrected chi connectivity index (χ2v) is 19.7. The SMILES string of the molecule is [2H]c1c([2H])c([2H])c(-c2c3ccccc3c(-c3cc4c5c(c3)Sc3cc(-n6c7ccccc7c7ccccc76)ccc3B5c3ccc(-n5c6ccccc6c6ccccc65)cc3S4)c3ccccc23)c([2H])c1[2H]. The Hall–Kier alpha value is -7.70. The van der Waals surface area contributed by atoms with Crippen LogP contribution in [0.4, 0.5) is 0 Å². The first kappa shape index (κ1) is 32.9. The van der Waals surface area contributed by atoms with Crippen LogP contribution in [0.15, 0.2) is 244 Å². The smallest absolute Gasteiger partial charge is 0.247 e. The average molecular weight is 890 g/mol. The molecule has 0 bridgehead atoms. The Balaban J connectivity index is 0.987. The molecule has 0 atom stereocenters. The maximum absolute atomic E-state index is 9.14. The zero-order valence-corrected chi connectivity index (χ0v) is 37.4. The van der Waals surface area contributed by atoms with Crippen LogP contribution in [0.3, 0.4) is 0 Å². The fraction of sp³-hybridized carbons (Fsp3) is 0. The molecule has 11 aromatic carbocycles. The molecular weight excluding hydrogens is 848 g/mol. The first-order valence-corrected chi connectivity index (χ1v) is 24.3. The van der Waals surface area contributed by atoms with Crippen LogP contribution in [0.25, 0.3) is 98.8 Å². The third-order valence-electron chi connectivity index (χ3n) is 14.1. The van der Waals surface area contributed by atoms with E-state index in [1.165, 1.54) is 79.6 Å². The van der Waals surface area contributed by atoms with Gasteiger partial charge in [-0.1, -0.05) is 198 Å². The largest absolute Gasteiger partial charge is 0.309 e. The van der Waals surface area contributed by atoms with Crippen molar-refractivity contribution in [1.29, 1.82) is 0 Å². The summed E-state index contributed by atoms with van der Waals surface area (Å²) < 4.78 is 48.9. The summed E-state index contributed by atoms with van der Waals surface area (Å²) in [5.74, 6) is 0. The minimum atomic E-state index is -0.400. The molecule has 2 nitrogen and oxygen atoms in total. The van der Waals surface area contributed by atoms with E-state index in [0.717, 1.165) is 44.0 Å². The predicted octanol–water partition coefficient (Wildman–Crippen LogP) is 15.0. The molecule has 0 spiro atoms. The van der Waals surface area contributed by atoms with E-state index < -0.39 is 6.04 Å². The number of hydrogen-bond acceptors (Lipinski definition) is 2. The lowest BCUT2D eigenvalue weighted by molar-refractivity contribution is 1.16. The maximum atomic E-state index is 9.14. The van der Waals surface area contributed by atoms with E-state index >= 15 is 0 Å². The van der Waals surface area contributed by atoms with Gasteiger partial charge in [0.25, 0.3) is 0 Å². The third-order valence-corrected chi connectivity index (χ3v) is 16.4. The Labute approximate surface area is 403 Å². The van der Waals surface area contributed by atoms with Gasteiger partial charge >= 0.3 is 0 Å². The summed E-state index contributed by atoms with van der Waals surface area (Å²) >= 11 is 3.68. The van der Waals surface area contributed by atoms with Gasteiger partial charge < -0.3 is 9.13 Å². The highest BCUT2D eigenvalue weighted by atomic mass is 32.2. The Morgan fingerprint density at radius 3 is 1.10 bits per heavy atom. The zero-order valence-electron chi connectivity index (χ0n) is 40.8. The van der Waals surface area contributed by atoms with Crippen LogP contribution in [-0.4, -0.2) is 15.8 Å².